The lowest BCUT2D eigenvalue weighted by molar-refractivity contribution is 0.433. The molecule has 1 aromatic heterocycles. The van der Waals surface area contributed by atoms with Gasteiger partial charge in [0.1, 0.15) is 12.1 Å². The van der Waals surface area contributed by atoms with Crippen LogP contribution >= 0.6 is 0 Å². The highest BCUT2D eigenvalue weighted by Gasteiger charge is 2.30. The molecular formula is C21H17FN4. The molecule has 2 atom stereocenters. The van der Waals surface area contributed by atoms with E-state index in [-0.39, 0.29) is 17.9 Å². The summed E-state index contributed by atoms with van der Waals surface area (Å²) in [6.45, 7) is 0. The Kier molecular flexibility index (Phi) is 3.45. The number of benzene rings is 3. The van der Waals surface area contributed by atoms with E-state index in [4.69, 9.17) is 0 Å². The molecular weight excluding hydrogens is 327 g/mol. The first-order valence-electron chi connectivity index (χ1n) is 8.69. The van der Waals surface area contributed by atoms with E-state index in [0.717, 1.165) is 17.9 Å². The SMILES string of the molecule is Fc1ccc([C@H]2C[C@@H](c3cccc4ccccc34)n3ncnc3N2)cc1. The molecule has 0 radical (unpaired) electrons. The molecule has 0 fully saturated rings. The molecule has 4 nitrogen and oxygen atoms in total. The minimum atomic E-state index is -0.224. The van der Waals surface area contributed by atoms with Crippen LogP contribution in [0, 0.1) is 5.82 Å². The number of nitrogens with one attached hydrogen (secondary N) is 1. The Morgan fingerprint density at radius 2 is 1.77 bits per heavy atom. The Labute approximate surface area is 150 Å². The van der Waals surface area contributed by atoms with Gasteiger partial charge in [0.05, 0.1) is 12.1 Å². The third kappa shape index (κ3) is 2.44. The van der Waals surface area contributed by atoms with Crippen LogP contribution in [0.2, 0.25) is 0 Å². The van der Waals surface area contributed by atoms with Gasteiger partial charge in [-0.3, -0.25) is 0 Å². The standard InChI is InChI=1S/C21H17FN4/c22-16-10-8-15(9-11-16)19-12-20(26-21(25-19)23-13-24-26)18-7-3-5-14-4-1-2-6-17(14)18/h1-11,13,19-20H,12H2,(H,23,24,25)/t19-,20+/m1/s1. The highest BCUT2D eigenvalue weighted by atomic mass is 19.1. The van der Waals surface area contributed by atoms with Crippen molar-refractivity contribution in [1.29, 1.82) is 0 Å². The number of nitrogens with zero attached hydrogens (tertiary/aromatic N) is 3. The first kappa shape index (κ1) is 15.1. The lowest BCUT2D eigenvalue weighted by Gasteiger charge is -2.32. The van der Waals surface area contributed by atoms with Crippen LogP contribution in [0.1, 0.15) is 29.6 Å². The van der Waals surface area contributed by atoms with Crippen LogP contribution in [0.15, 0.2) is 73.1 Å². The van der Waals surface area contributed by atoms with Gasteiger partial charge >= 0.3 is 0 Å². The Hall–Kier alpha value is -3.21. The second-order valence-electron chi connectivity index (χ2n) is 6.60. The van der Waals surface area contributed by atoms with E-state index < -0.39 is 0 Å². The van der Waals surface area contributed by atoms with Crippen molar-refractivity contribution in [1.82, 2.24) is 14.8 Å². The Morgan fingerprint density at radius 1 is 0.962 bits per heavy atom. The number of halogens is 1. The zero-order valence-corrected chi connectivity index (χ0v) is 14.0. The van der Waals surface area contributed by atoms with Crippen LogP contribution < -0.4 is 5.32 Å². The molecule has 26 heavy (non-hydrogen) atoms. The molecule has 5 rings (SSSR count). The highest BCUT2D eigenvalue weighted by Crippen LogP contribution is 2.39. The molecule has 5 heteroatoms. The summed E-state index contributed by atoms with van der Waals surface area (Å²) >= 11 is 0. The predicted molar refractivity (Wildman–Crippen MR) is 99.5 cm³/mol. The van der Waals surface area contributed by atoms with Gasteiger partial charge in [-0.2, -0.15) is 10.1 Å². The van der Waals surface area contributed by atoms with Gasteiger partial charge in [-0.15, -0.1) is 0 Å². The molecule has 0 saturated carbocycles. The molecule has 0 unspecified atom stereocenters. The number of fused-ring (bicyclic) bond motifs is 2. The third-order valence-corrected chi connectivity index (χ3v) is 5.09. The van der Waals surface area contributed by atoms with Gasteiger partial charge in [0.15, 0.2) is 0 Å². The van der Waals surface area contributed by atoms with E-state index in [9.17, 15) is 4.39 Å². The fourth-order valence-corrected chi connectivity index (χ4v) is 3.83. The highest BCUT2D eigenvalue weighted by molar-refractivity contribution is 5.86. The van der Waals surface area contributed by atoms with Crippen LogP contribution in [0.3, 0.4) is 0 Å². The van der Waals surface area contributed by atoms with Crippen molar-refractivity contribution in [3.63, 3.8) is 0 Å². The molecule has 0 amide bonds. The molecule has 3 aromatic carbocycles. The number of hydrogen-bond donors (Lipinski definition) is 1. The summed E-state index contributed by atoms with van der Waals surface area (Å²) in [7, 11) is 0. The van der Waals surface area contributed by atoms with E-state index in [2.05, 4.69) is 57.9 Å². The maximum absolute atomic E-state index is 13.3. The summed E-state index contributed by atoms with van der Waals surface area (Å²) in [5, 5.41) is 10.3. The van der Waals surface area contributed by atoms with Crippen LogP contribution in [0.5, 0.6) is 0 Å². The molecule has 0 aliphatic carbocycles. The molecule has 0 spiro atoms. The monoisotopic (exact) mass is 344 g/mol. The van der Waals surface area contributed by atoms with Crippen molar-refractivity contribution in [3.05, 3.63) is 90.0 Å². The van der Waals surface area contributed by atoms with Crippen LogP contribution in [-0.2, 0) is 0 Å². The van der Waals surface area contributed by atoms with Crippen molar-refractivity contribution < 1.29 is 4.39 Å². The Morgan fingerprint density at radius 3 is 2.65 bits per heavy atom. The summed E-state index contributed by atoms with van der Waals surface area (Å²) in [4.78, 5) is 4.37. The van der Waals surface area contributed by atoms with Gasteiger partial charge in [0.2, 0.25) is 5.95 Å². The quantitative estimate of drug-likeness (QED) is 0.572. The largest absolute Gasteiger partial charge is 0.348 e. The van der Waals surface area contributed by atoms with Crippen LogP contribution in [-0.4, -0.2) is 14.8 Å². The minimum Gasteiger partial charge on any atom is -0.348 e. The normalized spacial score (nSPS) is 19.1. The maximum Gasteiger partial charge on any atom is 0.222 e. The lowest BCUT2D eigenvalue weighted by Crippen LogP contribution is -2.28. The molecule has 1 aliphatic rings. The van der Waals surface area contributed by atoms with Gasteiger partial charge < -0.3 is 5.32 Å². The summed E-state index contributed by atoms with van der Waals surface area (Å²) in [6.07, 6.45) is 2.39. The predicted octanol–water partition coefficient (Wildman–Crippen LogP) is 4.72. The number of hydrogen-bond acceptors (Lipinski definition) is 3. The maximum atomic E-state index is 13.3. The average molecular weight is 344 g/mol. The summed E-state index contributed by atoms with van der Waals surface area (Å²) in [5.41, 5.74) is 2.27. The summed E-state index contributed by atoms with van der Waals surface area (Å²) in [5.74, 6) is 0.516. The molecule has 1 N–H and O–H groups in total. The van der Waals surface area contributed by atoms with E-state index in [1.165, 1.54) is 28.5 Å². The molecule has 0 bridgehead atoms. The zero-order chi connectivity index (χ0) is 17.5. The van der Waals surface area contributed by atoms with Crippen molar-refractivity contribution in [2.75, 3.05) is 5.32 Å². The number of aromatic nitrogens is 3. The van der Waals surface area contributed by atoms with Gasteiger partial charge in [0, 0.05) is 0 Å². The minimum absolute atomic E-state index is 0.0521. The molecule has 1 aliphatic heterocycles. The summed E-state index contributed by atoms with van der Waals surface area (Å²) in [6, 6.07) is 21.5. The Bertz CT molecular complexity index is 1070. The molecule has 0 saturated heterocycles. The first-order valence-corrected chi connectivity index (χ1v) is 8.69. The van der Waals surface area contributed by atoms with Crippen molar-refractivity contribution in [2.45, 2.75) is 18.5 Å². The van der Waals surface area contributed by atoms with E-state index in [1.54, 1.807) is 6.33 Å². The van der Waals surface area contributed by atoms with Crippen molar-refractivity contribution in [3.8, 4) is 0 Å². The summed E-state index contributed by atoms with van der Waals surface area (Å²) < 4.78 is 15.3. The molecule has 128 valence electrons. The number of rotatable bonds is 2. The van der Waals surface area contributed by atoms with Crippen LogP contribution in [0.25, 0.3) is 10.8 Å². The smallest absolute Gasteiger partial charge is 0.222 e. The van der Waals surface area contributed by atoms with Gasteiger partial charge in [-0.1, -0.05) is 54.6 Å². The molecule has 4 aromatic rings. The van der Waals surface area contributed by atoms with Crippen molar-refractivity contribution in [2.24, 2.45) is 0 Å². The zero-order valence-electron chi connectivity index (χ0n) is 14.0. The fourth-order valence-electron chi connectivity index (χ4n) is 3.83. The first-order chi connectivity index (χ1) is 12.8. The lowest BCUT2D eigenvalue weighted by atomic mass is 9.90. The van der Waals surface area contributed by atoms with Crippen LogP contribution in [0.4, 0.5) is 10.3 Å². The second-order valence-corrected chi connectivity index (χ2v) is 6.60. The van der Waals surface area contributed by atoms with E-state index in [1.807, 2.05) is 16.8 Å². The fraction of sp³-hybridized carbons (Fsp3) is 0.143. The topological polar surface area (TPSA) is 42.7 Å². The number of anilines is 1. The molecule has 2 heterocycles. The van der Waals surface area contributed by atoms with Crippen molar-refractivity contribution >= 4 is 16.7 Å². The van der Waals surface area contributed by atoms with Gasteiger partial charge in [-0.25, -0.2) is 9.07 Å². The van der Waals surface area contributed by atoms with E-state index in [0.29, 0.717) is 0 Å². The third-order valence-electron chi connectivity index (χ3n) is 5.09. The second kappa shape index (κ2) is 5.95. The average Bonchev–Trinajstić information content (AvgIpc) is 3.16. The van der Waals surface area contributed by atoms with E-state index >= 15 is 0 Å². The van der Waals surface area contributed by atoms with Gasteiger partial charge in [-0.05, 0) is 40.5 Å². The van der Waals surface area contributed by atoms with Gasteiger partial charge in [0.25, 0.3) is 0 Å². The Balaban J connectivity index is 1.62.